The lowest BCUT2D eigenvalue weighted by Gasteiger charge is -2.26. The molecule has 2 aromatic rings. The van der Waals surface area contributed by atoms with Gasteiger partial charge in [0.1, 0.15) is 11.6 Å². The number of nitrogens with zero attached hydrogens (tertiary/aromatic N) is 3. The average Bonchev–Trinajstić information content (AvgIpc) is 3.44. The van der Waals surface area contributed by atoms with Gasteiger partial charge in [0.2, 0.25) is 0 Å². The summed E-state index contributed by atoms with van der Waals surface area (Å²) in [4.78, 5) is 20.7. The van der Waals surface area contributed by atoms with Crippen molar-refractivity contribution in [3.63, 3.8) is 0 Å². The SMILES string of the molecule is CN(C)c1cc(C(=O)N(CC(O)c2ccc(F)cc2)C2CC2)ccn1. The normalized spacial score (nSPS) is 14.9. The first-order valence-electron chi connectivity index (χ1n) is 8.33. The third-order valence-electron chi connectivity index (χ3n) is 4.32. The Hall–Kier alpha value is -2.47. The van der Waals surface area contributed by atoms with Crippen molar-refractivity contribution < 1.29 is 14.3 Å². The quantitative estimate of drug-likeness (QED) is 0.876. The number of anilines is 1. The van der Waals surface area contributed by atoms with Crippen LogP contribution in [0.25, 0.3) is 0 Å². The van der Waals surface area contributed by atoms with Gasteiger partial charge in [-0.15, -0.1) is 0 Å². The third kappa shape index (κ3) is 4.14. The Morgan fingerprint density at radius 2 is 1.96 bits per heavy atom. The van der Waals surface area contributed by atoms with Crippen molar-refractivity contribution in [2.75, 3.05) is 25.5 Å². The Balaban J connectivity index is 1.78. The number of hydrogen-bond acceptors (Lipinski definition) is 4. The van der Waals surface area contributed by atoms with Crippen LogP contribution in [0.5, 0.6) is 0 Å². The molecule has 1 amide bonds. The van der Waals surface area contributed by atoms with Crippen LogP contribution in [0.4, 0.5) is 10.2 Å². The van der Waals surface area contributed by atoms with E-state index < -0.39 is 6.10 Å². The molecular formula is C19H22FN3O2. The number of aromatic nitrogens is 1. The molecule has 6 heteroatoms. The average molecular weight is 343 g/mol. The highest BCUT2D eigenvalue weighted by Crippen LogP contribution is 2.30. The summed E-state index contributed by atoms with van der Waals surface area (Å²) >= 11 is 0. The number of rotatable bonds is 6. The zero-order chi connectivity index (χ0) is 18.0. The first-order chi connectivity index (χ1) is 12.0. The van der Waals surface area contributed by atoms with Crippen molar-refractivity contribution in [3.8, 4) is 0 Å². The fourth-order valence-corrected chi connectivity index (χ4v) is 2.72. The van der Waals surface area contributed by atoms with Gasteiger partial charge in [-0.3, -0.25) is 4.79 Å². The van der Waals surface area contributed by atoms with Gasteiger partial charge in [-0.25, -0.2) is 9.37 Å². The minimum atomic E-state index is -0.847. The van der Waals surface area contributed by atoms with Crippen molar-refractivity contribution in [1.82, 2.24) is 9.88 Å². The number of pyridine rings is 1. The second kappa shape index (κ2) is 7.19. The van der Waals surface area contributed by atoms with Crippen LogP contribution >= 0.6 is 0 Å². The van der Waals surface area contributed by atoms with Crippen LogP contribution in [0, 0.1) is 5.82 Å². The largest absolute Gasteiger partial charge is 0.387 e. The van der Waals surface area contributed by atoms with Crippen LogP contribution in [0.15, 0.2) is 42.6 Å². The maximum atomic E-state index is 13.0. The van der Waals surface area contributed by atoms with Crippen LogP contribution in [-0.2, 0) is 0 Å². The van der Waals surface area contributed by atoms with Crippen LogP contribution < -0.4 is 4.90 Å². The molecule has 1 aromatic heterocycles. The lowest BCUT2D eigenvalue weighted by Crippen LogP contribution is -2.36. The molecule has 132 valence electrons. The van der Waals surface area contributed by atoms with Gasteiger partial charge in [-0.1, -0.05) is 12.1 Å². The molecule has 0 radical (unpaired) electrons. The number of aliphatic hydroxyl groups is 1. The van der Waals surface area contributed by atoms with Crippen LogP contribution in [0.3, 0.4) is 0 Å². The lowest BCUT2D eigenvalue weighted by molar-refractivity contribution is 0.0603. The fraction of sp³-hybridized carbons (Fsp3) is 0.368. The Morgan fingerprint density at radius 3 is 2.56 bits per heavy atom. The van der Waals surface area contributed by atoms with E-state index in [4.69, 9.17) is 0 Å². The minimum absolute atomic E-state index is 0.117. The number of benzene rings is 1. The van der Waals surface area contributed by atoms with E-state index in [1.54, 1.807) is 35.4 Å². The molecule has 25 heavy (non-hydrogen) atoms. The molecule has 1 saturated carbocycles. The topological polar surface area (TPSA) is 56.7 Å². The van der Waals surface area contributed by atoms with Crippen LogP contribution in [0.2, 0.25) is 0 Å². The summed E-state index contributed by atoms with van der Waals surface area (Å²) in [5.74, 6) is 0.244. The van der Waals surface area contributed by atoms with Gasteiger partial charge < -0.3 is 14.9 Å². The number of halogens is 1. The Kier molecular flexibility index (Phi) is 4.99. The van der Waals surface area contributed by atoms with E-state index in [-0.39, 0.29) is 24.3 Å². The molecule has 1 atom stereocenters. The molecule has 5 nitrogen and oxygen atoms in total. The number of hydrogen-bond donors (Lipinski definition) is 1. The van der Waals surface area contributed by atoms with Gasteiger partial charge >= 0.3 is 0 Å². The predicted molar refractivity (Wildman–Crippen MR) is 94.0 cm³/mol. The van der Waals surface area contributed by atoms with Crippen molar-refractivity contribution in [2.24, 2.45) is 0 Å². The smallest absolute Gasteiger partial charge is 0.254 e. The molecule has 1 aliphatic rings. The maximum absolute atomic E-state index is 13.0. The zero-order valence-corrected chi connectivity index (χ0v) is 14.4. The number of carbonyl (C=O) groups is 1. The molecule has 1 aliphatic carbocycles. The molecule has 1 heterocycles. The summed E-state index contributed by atoms with van der Waals surface area (Å²) in [6.45, 7) is 0.189. The van der Waals surface area contributed by atoms with E-state index in [1.807, 2.05) is 19.0 Å². The van der Waals surface area contributed by atoms with Gasteiger partial charge in [-0.2, -0.15) is 0 Å². The summed E-state index contributed by atoms with van der Waals surface area (Å²) in [6.07, 6.45) is 2.64. The molecule has 1 unspecified atom stereocenters. The standard InChI is InChI=1S/C19H22FN3O2/c1-22(2)18-11-14(9-10-21-18)19(25)23(16-7-8-16)12-17(24)13-3-5-15(20)6-4-13/h3-6,9-11,16-17,24H,7-8,12H2,1-2H3. The monoisotopic (exact) mass is 343 g/mol. The Bertz CT molecular complexity index is 745. The van der Waals surface area contributed by atoms with Crippen molar-refractivity contribution in [2.45, 2.75) is 25.0 Å². The molecule has 1 N–H and O–H groups in total. The van der Waals surface area contributed by atoms with Gasteiger partial charge in [0, 0.05) is 31.9 Å². The summed E-state index contributed by atoms with van der Waals surface area (Å²) in [6, 6.07) is 9.32. The van der Waals surface area contributed by atoms with E-state index >= 15 is 0 Å². The maximum Gasteiger partial charge on any atom is 0.254 e. The number of aliphatic hydroxyl groups excluding tert-OH is 1. The van der Waals surface area contributed by atoms with Crippen molar-refractivity contribution in [1.29, 1.82) is 0 Å². The van der Waals surface area contributed by atoms with E-state index in [1.165, 1.54) is 12.1 Å². The van der Waals surface area contributed by atoms with E-state index in [9.17, 15) is 14.3 Å². The van der Waals surface area contributed by atoms with Crippen molar-refractivity contribution in [3.05, 3.63) is 59.5 Å². The molecule has 1 aromatic carbocycles. The summed E-state index contributed by atoms with van der Waals surface area (Å²) in [7, 11) is 3.74. The first-order valence-corrected chi connectivity index (χ1v) is 8.33. The first kappa shape index (κ1) is 17.4. The third-order valence-corrected chi connectivity index (χ3v) is 4.32. The lowest BCUT2D eigenvalue weighted by atomic mass is 10.1. The molecule has 1 fully saturated rings. The summed E-state index contributed by atoms with van der Waals surface area (Å²) < 4.78 is 13.0. The highest BCUT2D eigenvalue weighted by molar-refractivity contribution is 5.95. The zero-order valence-electron chi connectivity index (χ0n) is 14.4. The summed E-state index contributed by atoms with van der Waals surface area (Å²) in [5, 5.41) is 10.5. The van der Waals surface area contributed by atoms with Crippen LogP contribution in [-0.4, -0.2) is 47.6 Å². The molecule has 3 rings (SSSR count). The molecular weight excluding hydrogens is 321 g/mol. The van der Waals surface area contributed by atoms with Crippen LogP contribution in [0.1, 0.15) is 34.9 Å². The number of amides is 1. The predicted octanol–water partition coefficient (Wildman–Crippen LogP) is 2.62. The van der Waals surface area contributed by atoms with Gasteiger partial charge in [0.25, 0.3) is 5.91 Å². The van der Waals surface area contributed by atoms with E-state index in [0.29, 0.717) is 16.9 Å². The Labute approximate surface area is 146 Å². The molecule has 0 bridgehead atoms. The molecule has 0 aliphatic heterocycles. The van der Waals surface area contributed by atoms with E-state index in [2.05, 4.69) is 4.98 Å². The molecule has 0 spiro atoms. The Morgan fingerprint density at radius 1 is 1.28 bits per heavy atom. The van der Waals surface area contributed by atoms with E-state index in [0.717, 1.165) is 12.8 Å². The van der Waals surface area contributed by atoms with Gasteiger partial charge in [0.05, 0.1) is 12.6 Å². The number of carbonyl (C=O) groups excluding carboxylic acids is 1. The highest BCUT2D eigenvalue weighted by Gasteiger charge is 2.34. The van der Waals surface area contributed by atoms with Gasteiger partial charge in [-0.05, 0) is 42.7 Å². The molecule has 0 saturated heterocycles. The highest BCUT2D eigenvalue weighted by atomic mass is 19.1. The second-order valence-corrected chi connectivity index (χ2v) is 6.55. The summed E-state index contributed by atoms with van der Waals surface area (Å²) in [5.41, 5.74) is 1.15. The second-order valence-electron chi connectivity index (χ2n) is 6.55. The van der Waals surface area contributed by atoms with Crippen molar-refractivity contribution >= 4 is 11.7 Å². The van der Waals surface area contributed by atoms with Gasteiger partial charge in [0.15, 0.2) is 0 Å². The fourth-order valence-electron chi connectivity index (χ4n) is 2.72. The minimum Gasteiger partial charge on any atom is -0.387 e.